The molecular weight excluding hydrogens is 188 g/mol. The highest BCUT2D eigenvalue weighted by Crippen LogP contribution is 2.22. The minimum absolute atomic E-state index is 0.391. The van der Waals surface area contributed by atoms with Crippen molar-refractivity contribution in [1.29, 1.82) is 5.41 Å². The molecule has 66 valence electrons. The van der Waals surface area contributed by atoms with Crippen molar-refractivity contribution < 1.29 is 0 Å². The van der Waals surface area contributed by atoms with Gasteiger partial charge < -0.3 is 10.4 Å². The van der Waals surface area contributed by atoms with Crippen LogP contribution in [0.4, 0.5) is 0 Å². The van der Waals surface area contributed by atoms with E-state index in [1.807, 2.05) is 0 Å². The smallest absolute Gasteiger partial charge is 0.143 e. The third-order valence-electron chi connectivity index (χ3n) is 1.79. The topological polar surface area (TPSA) is 65.4 Å². The van der Waals surface area contributed by atoms with Gasteiger partial charge in [0.2, 0.25) is 0 Å². The molecule has 0 radical (unpaired) electrons. The Kier molecular flexibility index (Phi) is 1.77. The van der Waals surface area contributed by atoms with Crippen LogP contribution in [0.5, 0.6) is 0 Å². The highest BCUT2D eigenvalue weighted by atomic mass is 35.5. The van der Waals surface area contributed by atoms with Crippen molar-refractivity contribution in [2.75, 3.05) is 0 Å². The molecule has 0 spiro atoms. The van der Waals surface area contributed by atoms with E-state index in [2.05, 4.69) is 15.0 Å². The molecule has 5 heteroatoms. The summed E-state index contributed by atoms with van der Waals surface area (Å²) in [5.41, 5.74) is 1.39. The van der Waals surface area contributed by atoms with E-state index in [0.29, 0.717) is 27.6 Å². The molecule has 0 atom stereocenters. The molecule has 2 aromatic heterocycles. The Morgan fingerprint density at radius 2 is 2.31 bits per heavy atom. The van der Waals surface area contributed by atoms with E-state index in [-0.39, 0.29) is 0 Å². The molecule has 2 aromatic rings. The van der Waals surface area contributed by atoms with Crippen LogP contribution in [-0.2, 0) is 0 Å². The summed E-state index contributed by atoms with van der Waals surface area (Å²) in [6.07, 6.45) is 2.92. The van der Waals surface area contributed by atoms with Gasteiger partial charge in [-0.15, -0.1) is 0 Å². The number of nitrogens with zero attached hydrogens (tertiary/aromatic N) is 2. The Hall–Kier alpha value is -1.42. The Morgan fingerprint density at radius 3 is 3.00 bits per heavy atom. The Bertz CT molecular complexity index is 474. The monoisotopic (exact) mass is 194 g/mol. The molecule has 2 rings (SSSR count). The first-order valence-corrected chi connectivity index (χ1v) is 4.12. The van der Waals surface area contributed by atoms with E-state index in [1.165, 1.54) is 6.21 Å². The highest BCUT2D eigenvalue weighted by Gasteiger charge is 2.08. The van der Waals surface area contributed by atoms with Crippen LogP contribution in [-0.4, -0.2) is 21.2 Å². The number of rotatable bonds is 1. The summed E-state index contributed by atoms with van der Waals surface area (Å²) in [4.78, 5) is 11.1. The first kappa shape index (κ1) is 8.19. The van der Waals surface area contributed by atoms with Gasteiger partial charge in [-0.05, 0) is 6.92 Å². The lowest BCUT2D eigenvalue weighted by Gasteiger charge is -1.95. The predicted octanol–water partition coefficient (Wildman–Crippen LogP) is 1.92. The lowest BCUT2D eigenvalue weighted by atomic mass is 10.3. The second-order valence-corrected chi connectivity index (χ2v) is 3.03. The van der Waals surface area contributed by atoms with Crippen LogP contribution in [0.1, 0.15) is 11.4 Å². The SMILES string of the molecule is Cc1nc(Cl)c2c(C=N)c[nH]c2n1. The van der Waals surface area contributed by atoms with E-state index in [9.17, 15) is 0 Å². The number of nitrogens with one attached hydrogen (secondary N) is 2. The fourth-order valence-electron chi connectivity index (χ4n) is 1.23. The standard InChI is InChI=1S/C8H7ClN4/c1-4-12-7(9)6-5(2-10)3-11-8(6)13-4/h2-3,10H,1H3,(H,11,12,13). The van der Waals surface area contributed by atoms with Gasteiger partial charge in [-0.3, -0.25) is 0 Å². The molecule has 0 aromatic carbocycles. The van der Waals surface area contributed by atoms with Crippen LogP contribution in [0.2, 0.25) is 5.15 Å². The Balaban J connectivity index is 2.89. The van der Waals surface area contributed by atoms with Crippen molar-refractivity contribution in [3.63, 3.8) is 0 Å². The number of hydrogen-bond acceptors (Lipinski definition) is 3. The van der Waals surface area contributed by atoms with Gasteiger partial charge in [0.15, 0.2) is 0 Å². The van der Waals surface area contributed by atoms with Crippen LogP contribution in [0.25, 0.3) is 11.0 Å². The molecule has 2 N–H and O–H groups in total. The van der Waals surface area contributed by atoms with E-state index < -0.39 is 0 Å². The summed E-state index contributed by atoms with van der Waals surface area (Å²) >= 11 is 5.91. The van der Waals surface area contributed by atoms with Crippen LogP contribution in [0, 0.1) is 12.3 Å². The second kappa shape index (κ2) is 2.81. The summed E-state index contributed by atoms with van der Waals surface area (Å²) in [6.45, 7) is 1.77. The Labute approximate surface area is 79.5 Å². The van der Waals surface area contributed by atoms with Crippen LogP contribution in [0.15, 0.2) is 6.20 Å². The van der Waals surface area contributed by atoms with Crippen LogP contribution < -0.4 is 0 Å². The number of halogens is 1. The maximum absolute atomic E-state index is 7.13. The molecule has 13 heavy (non-hydrogen) atoms. The maximum atomic E-state index is 7.13. The van der Waals surface area contributed by atoms with Gasteiger partial charge in [0.25, 0.3) is 0 Å². The van der Waals surface area contributed by atoms with Crippen LogP contribution >= 0.6 is 11.6 Å². The normalized spacial score (nSPS) is 10.6. The van der Waals surface area contributed by atoms with Gasteiger partial charge in [-0.2, -0.15) is 0 Å². The highest BCUT2D eigenvalue weighted by molar-refractivity contribution is 6.35. The zero-order valence-electron chi connectivity index (χ0n) is 6.93. The third kappa shape index (κ3) is 1.19. The Morgan fingerprint density at radius 1 is 1.54 bits per heavy atom. The molecule has 0 aliphatic rings. The average molecular weight is 195 g/mol. The summed E-state index contributed by atoms with van der Waals surface area (Å²) < 4.78 is 0. The first-order valence-electron chi connectivity index (χ1n) is 3.74. The average Bonchev–Trinajstić information content (AvgIpc) is 2.47. The minimum Gasteiger partial charge on any atom is -0.345 e. The molecule has 0 saturated heterocycles. The van der Waals surface area contributed by atoms with Gasteiger partial charge >= 0.3 is 0 Å². The predicted molar refractivity (Wildman–Crippen MR) is 51.5 cm³/mol. The molecule has 0 aliphatic heterocycles. The summed E-state index contributed by atoms with van der Waals surface area (Å²) in [7, 11) is 0. The van der Waals surface area contributed by atoms with Gasteiger partial charge in [0, 0.05) is 18.0 Å². The number of aromatic nitrogens is 3. The van der Waals surface area contributed by atoms with E-state index in [1.54, 1.807) is 13.1 Å². The lowest BCUT2D eigenvalue weighted by molar-refractivity contribution is 1.08. The zero-order valence-corrected chi connectivity index (χ0v) is 7.68. The third-order valence-corrected chi connectivity index (χ3v) is 2.06. The molecule has 0 aliphatic carbocycles. The second-order valence-electron chi connectivity index (χ2n) is 2.67. The molecule has 0 fully saturated rings. The van der Waals surface area contributed by atoms with E-state index in [4.69, 9.17) is 17.0 Å². The minimum atomic E-state index is 0.391. The molecule has 2 heterocycles. The molecule has 0 amide bonds. The molecule has 0 bridgehead atoms. The zero-order chi connectivity index (χ0) is 9.42. The molecule has 4 nitrogen and oxygen atoms in total. The number of aromatic amines is 1. The quantitative estimate of drug-likeness (QED) is 0.538. The van der Waals surface area contributed by atoms with Crippen LogP contribution in [0.3, 0.4) is 0 Å². The van der Waals surface area contributed by atoms with Crippen molar-refractivity contribution in [3.8, 4) is 0 Å². The van der Waals surface area contributed by atoms with E-state index >= 15 is 0 Å². The fraction of sp³-hybridized carbons (Fsp3) is 0.125. The molecule has 0 unspecified atom stereocenters. The van der Waals surface area contributed by atoms with Crippen molar-refractivity contribution in [3.05, 3.63) is 22.7 Å². The number of H-pyrrole nitrogens is 1. The van der Waals surface area contributed by atoms with Crippen molar-refractivity contribution in [2.24, 2.45) is 0 Å². The number of hydrogen-bond donors (Lipinski definition) is 2. The summed E-state index contributed by atoms with van der Waals surface area (Å²) in [5, 5.41) is 8.23. The van der Waals surface area contributed by atoms with Crippen molar-refractivity contribution in [2.45, 2.75) is 6.92 Å². The van der Waals surface area contributed by atoms with Gasteiger partial charge in [-0.1, -0.05) is 11.6 Å². The molecular formula is C8H7ClN4. The first-order chi connectivity index (χ1) is 6.22. The summed E-state index contributed by atoms with van der Waals surface area (Å²) in [5.74, 6) is 0.621. The van der Waals surface area contributed by atoms with Crippen molar-refractivity contribution in [1.82, 2.24) is 15.0 Å². The van der Waals surface area contributed by atoms with Gasteiger partial charge in [0.1, 0.15) is 16.6 Å². The number of aryl methyl sites for hydroxylation is 1. The number of fused-ring (bicyclic) bond motifs is 1. The molecule has 0 saturated carbocycles. The lowest BCUT2D eigenvalue weighted by Crippen LogP contribution is -1.89. The summed E-state index contributed by atoms with van der Waals surface area (Å²) in [6, 6.07) is 0. The maximum Gasteiger partial charge on any atom is 0.143 e. The van der Waals surface area contributed by atoms with Gasteiger partial charge in [-0.25, -0.2) is 9.97 Å². The fourth-order valence-corrected chi connectivity index (χ4v) is 1.55. The van der Waals surface area contributed by atoms with E-state index in [0.717, 1.165) is 0 Å². The van der Waals surface area contributed by atoms with Gasteiger partial charge in [0.05, 0.1) is 5.39 Å². The largest absolute Gasteiger partial charge is 0.345 e. The van der Waals surface area contributed by atoms with Crippen molar-refractivity contribution >= 4 is 28.8 Å².